The first kappa shape index (κ1) is 23.9. The molecule has 0 bridgehead atoms. The van der Waals surface area contributed by atoms with Crippen LogP contribution in [0, 0.1) is 0 Å². The minimum atomic E-state index is -3.25. The molecule has 0 aliphatic carbocycles. The van der Waals surface area contributed by atoms with Gasteiger partial charge in [-0.3, -0.25) is 4.79 Å². The molecule has 0 radical (unpaired) electrons. The lowest BCUT2D eigenvalue weighted by Crippen LogP contribution is -2.40. The fourth-order valence-corrected chi connectivity index (χ4v) is 3.78. The summed E-state index contributed by atoms with van der Waals surface area (Å²) in [6.45, 7) is 10.3. The van der Waals surface area contributed by atoms with Gasteiger partial charge in [0.05, 0.1) is 10.9 Å². The van der Waals surface area contributed by atoms with Crippen LogP contribution in [0.4, 0.5) is 0 Å². The first-order valence-corrected chi connectivity index (χ1v) is 12.2. The summed E-state index contributed by atoms with van der Waals surface area (Å²) in [5.41, 5.74) is 2.12. The van der Waals surface area contributed by atoms with E-state index in [-0.39, 0.29) is 22.3 Å². The molecule has 0 aliphatic heterocycles. The van der Waals surface area contributed by atoms with E-state index in [2.05, 4.69) is 26.1 Å². The monoisotopic (exact) mass is 431 g/mol. The molecule has 2 rings (SSSR count). The largest absolute Gasteiger partial charge is 0.481 e. The smallest absolute Gasteiger partial charge is 0.261 e. The average Bonchev–Trinajstić information content (AvgIpc) is 2.69. The van der Waals surface area contributed by atoms with E-state index in [1.54, 1.807) is 24.3 Å². The van der Waals surface area contributed by atoms with Crippen molar-refractivity contribution in [2.45, 2.75) is 69.9 Å². The van der Waals surface area contributed by atoms with Gasteiger partial charge in [-0.2, -0.15) is 0 Å². The Hall–Kier alpha value is -2.34. The highest BCUT2D eigenvalue weighted by Gasteiger charge is 2.22. The van der Waals surface area contributed by atoms with Crippen molar-refractivity contribution in [3.8, 4) is 5.75 Å². The van der Waals surface area contributed by atoms with Gasteiger partial charge in [0.25, 0.3) is 5.91 Å². The number of carbonyl (C=O) groups excluding carboxylic acids is 1. The minimum Gasteiger partial charge on any atom is -0.481 e. The van der Waals surface area contributed by atoms with Crippen LogP contribution in [-0.2, 0) is 20.0 Å². The van der Waals surface area contributed by atoms with Gasteiger partial charge >= 0.3 is 0 Å². The van der Waals surface area contributed by atoms with E-state index in [1.165, 1.54) is 11.8 Å². The van der Waals surface area contributed by atoms with Gasteiger partial charge in [-0.15, -0.1) is 0 Å². The Labute approximate surface area is 180 Å². The lowest BCUT2D eigenvalue weighted by Gasteiger charge is -2.23. The summed E-state index contributed by atoms with van der Waals surface area (Å²) in [7, 11) is -3.25. The van der Waals surface area contributed by atoms with Crippen LogP contribution in [-0.4, -0.2) is 26.7 Å². The standard InChI is InChI=1S/C24H33NO4S/c1-7-21(17-9-15-20(16-10-17)30(6,27)28)25-23(26)22(8-2)29-19-13-11-18(12-14-19)24(3,4)5/h9-16,21-22H,7-8H2,1-6H3,(H,25,26)/t21-,22+/m0/s1. The second-order valence-electron chi connectivity index (χ2n) is 8.60. The van der Waals surface area contributed by atoms with Crippen molar-refractivity contribution in [3.63, 3.8) is 0 Å². The van der Waals surface area contributed by atoms with Crippen molar-refractivity contribution in [2.75, 3.05) is 6.26 Å². The van der Waals surface area contributed by atoms with Crippen molar-refractivity contribution < 1.29 is 17.9 Å². The molecular formula is C24H33NO4S. The Bertz CT molecular complexity index is 942. The molecule has 5 nitrogen and oxygen atoms in total. The van der Waals surface area contributed by atoms with Crippen LogP contribution in [0.2, 0.25) is 0 Å². The summed E-state index contributed by atoms with van der Waals surface area (Å²) in [6.07, 6.45) is 1.80. The molecular weight excluding hydrogens is 398 g/mol. The molecule has 0 heterocycles. The molecule has 2 atom stereocenters. The second-order valence-corrected chi connectivity index (χ2v) is 10.6. The molecule has 0 spiro atoms. The Balaban J connectivity index is 2.09. The number of ether oxygens (including phenoxy) is 1. The fourth-order valence-electron chi connectivity index (χ4n) is 3.15. The molecule has 164 valence electrons. The van der Waals surface area contributed by atoms with Gasteiger partial charge in [0.15, 0.2) is 15.9 Å². The zero-order valence-electron chi connectivity index (χ0n) is 18.7. The number of nitrogens with one attached hydrogen (secondary N) is 1. The van der Waals surface area contributed by atoms with Crippen molar-refractivity contribution >= 4 is 15.7 Å². The topological polar surface area (TPSA) is 72.5 Å². The molecule has 0 aromatic heterocycles. The lowest BCUT2D eigenvalue weighted by atomic mass is 9.87. The van der Waals surface area contributed by atoms with E-state index in [4.69, 9.17) is 4.74 Å². The molecule has 1 amide bonds. The van der Waals surface area contributed by atoms with E-state index >= 15 is 0 Å². The maximum atomic E-state index is 12.8. The van der Waals surface area contributed by atoms with Crippen molar-refractivity contribution in [1.82, 2.24) is 5.32 Å². The minimum absolute atomic E-state index is 0.0566. The molecule has 1 N–H and O–H groups in total. The van der Waals surface area contributed by atoms with Gasteiger partial charge in [-0.05, 0) is 53.6 Å². The van der Waals surface area contributed by atoms with Crippen LogP contribution in [0.15, 0.2) is 53.4 Å². The zero-order chi connectivity index (χ0) is 22.5. The lowest BCUT2D eigenvalue weighted by molar-refractivity contribution is -0.128. The molecule has 0 fully saturated rings. The Morgan fingerprint density at radius 3 is 1.97 bits per heavy atom. The average molecular weight is 432 g/mol. The van der Waals surface area contributed by atoms with Crippen LogP contribution >= 0.6 is 0 Å². The summed E-state index contributed by atoms with van der Waals surface area (Å²) in [5.74, 6) is 0.479. The van der Waals surface area contributed by atoms with Crippen LogP contribution in [0.1, 0.15) is 64.6 Å². The van der Waals surface area contributed by atoms with E-state index < -0.39 is 15.9 Å². The number of benzene rings is 2. The van der Waals surface area contributed by atoms with Gasteiger partial charge in [-0.1, -0.05) is 58.9 Å². The Kier molecular flexibility index (Phi) is 7.70. The van der Waals surface area contributed by atoms with Crippen LogP contribution < -0.4 is 10.1 Å². The fraction of sp³-hybridized carbons (Fsp3) is 0.458. The SMILES string of the molecule is CC[C@H](NC(=O)[C@@H](CC)Oc1ccc(C(C)(C)C)cc1)c1ccc(S(C)(=O)=O)cc1. The summed E-state index contributed by atoms with van der Waals surface area (Å²) < 4.78 is 29.3. The molecule has 0 saturated carbocycles. The van der Waals surface area contributed by atoms with Gasteiger partial charge < -0.3 is 10.1 Å². The predicted octanol–water partition coefficient (Wildman–Crippen LogP) is 4.81. The number of amides is 1. The third kappa shape index (κ3) is 6.33. The maximum Gasteiger partial charge on any atom is 0.261 e. The summed E-state index contributed by atoms with van der Waals surface area (Å²) in [4.78, 5) is 13.1. The van der Waals surface area contributed by atoms with E-state index in [9.17, 15) is 13.2 Å². The first-order chi connectivity index (χ1) is 14.0. The number of sulfone groups is 1. The number of hydrogen-bond donors (Lipinski definition) is 1. The van der Waals surface area contributed by atoms with Crippen molar-refractivity contribution in [2.24, 2.45) is 0 Å². The van der Waals surface area contributed by atoms with Gasteiger partial charge in [0.2, 0.25) is 0 Å². The zero-order valence-corrected chi connectivity index (χ0v) is 19.5. The molecule has 2 aromatic carbocycles. The summed E-state index contributed by atoms with van der Waals surface area (Å²) in [5, 5.41) is 3.03. The molecule has 2 aromatic rings. The number of hydrogen-bond acceptors (Lipinski definition) is 4. The van der Waals surface area contributed by atoms with Crippen molar-refractivity contribution in [1.29, 1.82) is 0 Å². The molecule has 0 unspecified atom stereocenters. The van der Waals surface area contributed by atoms with Crippen LogP contribution in [0.25, 0.3) is 0 Å². The third-order valence-corrected chi connectivity index (χ3v) is 6.23. The van der Waals surface area contributed by atoms with E-state index in [0.29, 0.717) is 18.6 Å². The first-order valence-electron chi connectivity index (χ1n) is 10.3. The molecule has 0 aliphatic rings. The summed E-state index contributed by atoms with van der Waals surface area (Å²) >= 11 is 0. The van der Waals surface area contributed by atoms with Gasteiger partial charge in [0.1, 0.15) is 5.75 Å². The predicted molar refractivity (Wildman–Crippen MR) is 121 cm³/mol. The Morgan fingerprint density at radius 2 is 1.53 bits per heavy atom. The second kappa shape index (κ2) is 9.65. The van der Waals surface area contributed by atoms with E-state index in [1.807, 2.05) is 38.1 Å². The molecule has 6 heteroatoms. The molecule has 30 heavy (non-hydrogen) atoms. The maximum absolute atomic E-state index is 12.8. The normalized spacial score (nSPS) is 14.1. The number of carbonyl (C=O) groups is 1. The quantitative estimate of drug-likeness (QED) is 0.651. The highest BCUT2D eigenvalue weighted by Crippen LogP contribution is 2.25. The molecule has 0 saturated heterocycles. The Morgan fingerprint density at radius 1 is 0.967 bits per heavy atom. The van der Waals surface area contributed by atoms with Gasteiger partial charge in [0, 0.05) is 6.26 Å². The van der Waals surface area contributed by atoms with Crippen molar-refractivity contribution in [3.05, 3.63) is 59.7 Å². The van der Waals surface area contributed by atoms with Crippen LogP contribution in [0.3, 0.4) is 0 Å². The number of rotatable bonds is 8. The van der Waals surface area contributed by atoms with Gasteiger partial charge in [-0.25, -0.2) is 8.42 Å². The summed E-state index contributed by atoms with van der Waals surface area (Å²) in [6, 6.07) is 14.3. The third-order valence-electron chi connectivity index (χ3n) is 5.10. The van der Waals surface area contributed by atoms with E-state index in [0.717, 1.165) is 5.56 Å². The van der Waals surface area contributed by atoms with Crippen LogP contribution in [0.5, 0.6) is 5.75 Å². The highest BCUT2D eigenvalue weighted by atomic mass is 32.2. The highest BCUT2D eigenvalue weighted by molar-refractivity contribution is 7.90.